The van der Waals surface area contributed by atoms with Gasteiger partial charge in [0.1, 0.15) is 16.3 Å². The molecule has 0 fully saturated rings. The van der Waals surface area contributed by atoms with Crippen molar-refractivity contribution in [2.24, 2.45) is 0 Å². The first-order valence-corrected chi connectivity index (χ1v) is 12.4. The Morgan fingerprint density at radius 1 is 1.06 bits per heavy atom. The highest BCUT2D eigenvalue weighted by Crippen LogP contribution is 2.34. The first-order chi connectivity index (χ1) is 16.1. The second-order valence-corrected chi connectivity index (χ2v) is 10.7. The third kappa shape index (κ3) is 5.89. The summed E-state index contributed by atoms with van der Waals surface area (Å²) in [5.41, 5.74) is 4.28. The van der Waals surface area contributed by atoms with E-state index in [1.54, 1.807) is 20.0 Å². The van der Waals surface area contributed by atoms with Crippen LogP contribution in [-0.2, 0) is 11.3 Å². The van der Waals surface area contributed by atoms with Crippen LogP contribution in [0, 0.1) is 13.8 Å². The summed E-state index contributed by atoms with van der Waals surface area (Å²) < 4.78 is 1.07. The van der Waals surface area contributed by atoms with Crippen LogP contribution in [0.1, 0.15) is 61.6 Å². The monoisotopic (exact) mass is 479 g/mol. The summed E-state index contributed by atoms with van der Waals surface area (Å²) in [5.74, 6) is -0.299. The lowest BCUT2D eigenvalue weighted by Gasteiger charge is -2.18. The number of hydrogen-bond acceptors (Lipinski definition) is 4. The van der Waals surface area contributed by atoms with Crippen molar-refractivity contribution in [3.05, 3.63) is 65.5 Å². The van der Waals surface area contributed by atoms with Gasteiger partial charge in [-0.2, -0.15) is 0 Å². The fourth-order valence-corrected chi connectivity index (χ4v) is 4.68. The highest BCUT2D eigenvalue weighted by Gasteiger charge is 2.28. The lowest BCUT2D eigenvalue weighted by atomic mass is 10.1. The molecule has 0 radical (unpaired) electrons. The molecule has 0 aliphatic rings. The lowest BCUT2D eigenvalue weighted by molar-refractivity contribution is -0.138. The number of aliphatic carboxylic acids is 1. The van der Waals surface area contributed by atoms with E-state index in [9.17, 15) is 14.7 Å². The van der Waals surface area contributed by atoms with Crippen LogP contribution < -0.4 is 5.32 Å². The summed E-state index contributed by atoms with van der Waals surface area (Å²) in [5, 5.41) is 12.5. The minimum atomic E-state index is -0.918. The normalized spacial score (nSPS) is 11.4. The molecule has 1 aromatic heterocycles. The summed E-state index contributed by atoms with van der Waals surface area (Å²) in [6, 6.07) is 13.6. The van der Waals surface area contributed by atoms with Crippen molar-refractivity contribution in [3.8, 4) is 11.4 Å². The molecule has 3 aromatic rings. The number of rotatable bonds is 10. The number of nitrogens with one attached hydrogen (secondary N) is 1. The second kappa shape index (κ2) is 10.9. The number of aryl methyl sites for hydroxylation is 2. The quantitative estimate of drug-likeness (QED) is 0.254. The lowest BCUT2D eigenvalue weighted by Crippen LogP contribution is -2.26. The van der Waals surface area contributed by atoms with Crippen molar-refractivity contribution in [1.29, 1.82) is 0 Å². The molecular formula is C27H33N3O3S. The smallest absolute Gasteiger partial charge is 0.319 e. The molecule has 34 heavy (non-hydrogen) atoms. The van der Waals surface area contributed by atoms with E-state index in [0.29, 0.717) is 12.2 Å². The van der Waals surface area contributed by atoms with Crippen LogP contribution >= 0.6 is 11.8 Å². The fraction of sp³-hybridized carbons (Fsp3) is 0.370. The van der Waals surface area contributed by atoms with Gasteiger partial charge < -0.3 is 15.0 Å². The predicted molar refractivity (Wildman–Crippen MR) is 139 cm³/mol. The van der Waals surface area contributed by atoms with Gasteiger partial charge in [0.15, 0.2) is 0 Å². The SMILES string of the molecule is CCCCCn1c(C(=O)Nc2c(C)cccc2C)cnc1-c1ccc(SC(C)(C)C(=O)O)cc1. The number of carboxylic acid groups (broad SMARTS) is 1. The number of carboxylic acids is 1. The Bertz CT molecular complexity index is 1150. The Morgan fingerprint density at radius 2 is 1.71 bits per heavy atom. The molecule has 180 valence electrons. The van der Waals surface area contributed by atoms with E-state index in [1.807, 2.05) is 60.9 Å². The van der Waals surface area contributed by atoms with Gasteiger partial charge in [-0.05, 0) is 57.4 Å². The first-order valence-electron chi connectivity index (χ1n) is 11.6. The maximum atomic E-state index is 13.3. The van der Waals surface area contributed by atoms with E-state index >= 15 is 0 Å². The van der Waals surface area contributed by atoms with E-state index in [-0.39, 0.29) is 5.91 Å². The zero-order valence-electron chi connectivity index (χ0n) is 20.5. The Balaban J connectivity index is 1.91. The van der Waals surface area contributed by atoms with Gasteiger partial charge in [-0.15, -0.1) is 11.8 Å². The topological polar surface area (TPSA) is 84.2 Å². The minimum absolute atomic E-state index is 0.178. The van der Waals surface area contributed by atoms with E-state index in [4.69, 9.17) is 0 Å². The van der Waals surface area contributed by atoms with Gasteiger partial charge in [0, 0.05) is 22.7 Å². The number of imidazole rings is 1. The van der Waals surface area contributed by atoms with Gasteiger partial charge in [0.05, 0.1) is 6.20 Å². The Morgan fingerprint density at radius 3 is 2.29 bits per heavy atom. The van der Waals surface area contributed by atoms with Gasteiger partial charge in [-0.1, -0.05) is 50.1 Å². The van der Waals surface area contributed by atoms with E-state index in [1.165, 1.54) is 11.8 Å². The number of carbonyl (C=O) groups is 2. The molecule has 2 N–H and O–H groups in total. The number of amides is 1. The van der Waals surface area contributed by atoms with Crippen molar-refractivity contribution < 1.29 is 14.7 Å². The van der Waals surface area contributed by atoms with E-state index in [0.717, 1.165) is 52.4 Å². The molecule has 0 aliphatic heterocycles. The van der Waals surface area contributed by atoms with Crippen LogP contribution in [0.15, 0.2) is 53.6 Å². The largest absolute Gasteiger partial charge is 0.480 e. The van der Waals surface area contributed by atoms with E-state index < -0.39 is 10.7 Å². The van der Waals surface area contributed by atoms with Gasteiger partial charge >= 0.3 is 5.97 Å². The molecule has 0 unspecified atom stereocenters. The van der Waals surface area contributed by atoms with Gasteiger partial charge in [0.2, 0.25) is 0 Å². The molecule has 1 heterocycles. The van der Waals surface area contributed by atoms with Crippen LogP contribution in [0.5, 0.6) is 0 Å². The number of anilines is 1. The Labute approximate surface area is 205 Å². The highest BCUT2D eigenvalue weighted by atomic mass is 32.2. The fourth-order valence-electron chi connectivity index (χ4n) is 3.73. The van der Waals surface area contributed by atoms with Crippen molar-refractivity contribution in [2.75, 3.05) is 5.32 Å². The predicted octanol–water partition coefficient (Wildman–Crippen LogP) is 6.56. The van der Waals surface area contributed by atoms with Crippen molar-refractivity contribution in [1.82, 2.24) is 9.55 Å². The number of nitrogens with zero attached hydrogens (tertiary/aromatic N) is 2. The highest BCUT2D eigenvalue weighted by molar-refractivity contribution is 8.01. The minimum Gasteiger partial charge on any atom is -0.480 e. The number of carbonyl (C=O) groups excluding carboxylic acids is 1. The summed E-state index contributed by atoms with van der Waals surface area (Å²) >= 11 is 1.30. The molecule has 3 rings (SSSR count). The van der Waals surface area contributed by atoms with Crippen molar-refractivity contribution in [3.63, 3.8) is 0 Å². The molecule has 0 aliphatic carbocycles. The molecule has 0 saturated carbocycles. The zero-order valence-corrected chi connectivity index (χ0v) is 21.3. The summed E-state index contributed by atoms with van der Waals surface area (Å²) in [4.78, 5) is 30.2. The Hall–Kier alpha value is -3.06. The molecule has 0 saturated heterocycles. The molecule has 7 heteroatoms. The van der Waals surface area contributed by atoms with E-state index in [2.05, 4.69) is 17.2 Å². The van der Waals surface area contributed by atoms with Gasteiger partial charge in [0.25, 0.3) is 5.91 Å². The number of para-hydroxylation sites is 1. The number of thioether (sulfide) groups is 1. The molecule has 0 bridgehead atoms. The molecule has 1 amide bonds. The molecule has 6 nitrogen and oxygen atoms in total. The third-order valence-corrected chi connectivity index (χ3v) is 6.99. The molecule has 0 spiro atoms. The van der Waals surface area contributed by atoms with Crippen LogP contribution in [0.4, 0.5) is 5.69 Å². The second-order valence-electron chi connectivity index (χ2n) is 8.99. The Kier molecular flexibility index (Phi) is 8.20. The van der Waals surface area contributed by atoms with Gasteiger partial charge in [-0.25, -0.2) is 4.98 Å². The van der Waals surface area contributed by atoms with Crippen LogP contribution in [0.3, 0.4) is 0 Å². The standard InChI is InChI=1S/C27H33N3O3S/c1-6-7-8-16-30-22(25(31)29-23-18(2)10-9-11-19(23)3)17-28-24(30)20-12-14-21(15-13-20)34-27(4,5)26(32)33/h9-15,17H,6-8,16H2,1-5H3,(H,29,31)(H,32,33). The number of hydrogen-bond donors (Lipinski definition) is 2. The summed E-state index contributed by atoms with van der Waals surface area (Å²) in [6.45, 7) is 10.2. The molecule has 0 atom stereocenters. The van der Waals surface area contributed by atoms with Crippen molar-refractivity contribution in [2.45, 2.75) is 70.1 Å². The van der Waals surface area contributed by atoms with Gasteiger partial charge in [-0.3, -0.25) is 9.59 Å². The number of aromatic nitrogens is 2. The van der Waals surface area contributed by atoms with Crippen molar-refractivity contribution >= 4 is 29.3 Å². The maximum absolute atomic E-state index is 13.3. The zero-order chi connectivity index (χ0) is 24.9. The van der Waals surface area contributed by atoms with Crippen LogP contribution in [-0.4, -0.2) is 31.3 Å². The number of benzene rings is 2. The number of unbranched alkanes of at least 4 members (excludes halogenated alkanes) is 2. The maximum Gasteiger partial charge on any atom is 0.319 e. The van der Waals surface area contributed by atoms with Crippen LogP contribution in [0.2, 0.25) is 0 Å². The average molecular weight is 480 g/mol. The van der Waals surface area contributed by atoms with Crippen LogP contribution in [0.25, 0.3) is 11.4 Å². The average Bonchev–Trinajstić information content (AvgIpc) is 3.20. The summed E-state index contributed by atoms with van der Waals surface area (Å²) in [6.07, 6.45) is 4.74. The third-order valence-electron chi connectivity index (χ3n) is 5.79. The summed E-state index contributed by atoms with van der Waals surface area (Å²) in [7, 11) is 0. The molecule has 2 aromatic carbocycles. The molecular weight excluding hydrogens is 446 g/mol. The first kappa shape index (κ1) is 25.6.